The molecule has 0 aliphatic heterocycles. The van der Waals surface area contributed by atoms with Gasteiger partial charge in [-0.15, -0.1) is 0 Å². The van der Waals surface area contributed by atoms with Gasteiger partial charge in [0.25, 0.3) is 0 Å². The Morgan fingerprint density at radius 2 is 1.02 bits per heavy atom. The standard InChI is InChI=1S/C32H64O6Si4/c1-9-31(33)34-26-27-35-32(10-2)42(36-39(3,4)28-20-14-11-15-21-28,37-40(5,6)29-22-16-12-17-23-29)38-41(7,8)30-24-18-13-19-25-30/h9,28-30,32H,1,10-27H2,2-8H3. The van der Waals surface area contributed by atoms with Crippen molar-refractivity contribution >= 4 is 39.7 Å². The van der Waals surface area contributed by atoms with Gasteiger partial charge in [-0.1, -0.05) is 110 Å². The van der Waals surface area contributed by atoms with Crippen LogP contribution < -0.4 is 0 Å². The van der Waals surface area contributed by atoms with Crippen molar-refractivity contribution in [2.24, 2.45) is 0 Å². The number of esters is 1. The fraction of sp³-hybridized carbons (Fsp3) is 0.906. The SMILES string of the molecule is C=CC(=O)OCCOC(CC)[Si](O[Si](C)(C)C1CCCCC1)(O[Si](C)(C)C1CCCCC1)O[Si](C)(C)C1CCCCC1. The molecule has 0 heterocycles. The van der Waals surface area contributed by atoms with Crippen LogP contribution in [0.25, 0.3) is 0 Å². The molecule has 3 saturated carbocycles. The summed E-state index contributed by atoms with van der Waals surface area (Å²) in [7, 11) is -9.99. The Balaban J connectivity index is 2.03. The van der Waals surface area contributed by atoms with Gasteiger partial charge in [0.2, 0.25) is 0 Å². The fourth-order valence-corrected chi connectivity index (χ4v) is 28.1. The van der Waals surface area contributed by atoms with Crippen LogP contribution >= 0.6 is 0 Å². The molecule has 0 N–H and O–H groups in total. The highest BCUT2D eigenvalue weighted by Gasteiger charge is 2.61. The Hall–Kier alpha value is -0.0825. The molecule has 0 saturated heterocycles. The summed E-state index contributed by atoms with van der Waals surface area (Å²) in [6.07, 6.45) is 21.3. The van der Waals surface area contributed by atoms with Gasteiger partial charge in [0, 0.05) is 6.08 Å². The summed E-state index contributed by atoms with van der Waals surface area (Å²) >= 11 is 0. The first-order valence-electron chi connectivity index (χ1n) is 17.4. The van der Waals surface area contributed by atoms with E-state index < -0.39 is 39.7 Å². The molecule has 1 atom stereocenters. The Labute approximate surface area is 262 Å². The Morgan fingerprint density at radius 3 is 1.33 bits per heavy atom. The molecular formula is C32H64O6Si4. The molecule has 42 heavy (non-hydrogen) atoms. The van der Waals surface area contributed by atoms with E-state index in [1.54, 1.807) is 0 Å². The maximum Gasteiger partial charge on any atom is 0.500 e. The van der Waals surface area contributed by atoms with Gasteiger partial charge in [-0.25, -0.2) is 4.79 Å². The second-order valence-electron chi connectivity index (χ2n) is 14.9. The number of carbonyl (C=O) groups is 1. The number of rotatable bonds is 16. The van der Waals surface area contributed by atoms with E-state index >= 15 is 0 Å². The summed E-state index contributed by atoms with van der Waals surface area (Å²) in [5, 5.41) is 0. The van der Waals surface area contributed by atoms with Gasteiger partial charge in [0.1, 0.15) is 12.3 Å². The van der Waals surface area contributed by atoms with Gasteiger partial charge >= 0.3 is 14.8 Å². The van der Waals surface area contributed by atoms with E-state index in [1.807, 2.05) is 0 Å². The van der Waals surface area contributed by atoms with Crippen LogP contribution in [0.5, 0.6) is 0 Å². The van der Waals surface area contributed by atoms with Gasteiger partial charge in [-0.05, 0) is 62.3 Å². The lowest BCUT2D eigenvalue weighted by molar-refractivity contribution is -0.139. The summed E-state index contributed by atoms with van der Waals surface area (Å²) in [4.78, 5) is 11.8. The van der Waals surface area contributed by atoms with Crippen LogP contribution in [0.15, 0.2) is 12.7 Å². The molecular weight excluding hydrogens is 593 g/mol. The van der Waals surface area contributed by atoms with Crippen molar-refractivity contribution < 1.29 is 26.6 Å². The van der Waals surface area contributed by atoms with Crippen LogP contribution in [0.4, 0.5) is 0 Å². The van der Waals surface area contributed by atoms with Gasteiger partial charge in [0.15, 0.2) is 25.0 Å². The molecule has 3 rings (SSSR count). The molecule has 0 aromatic heterocycles. The molecule has 3 aliphatic rings. The maximum atomic E-state index is 11.8. The molecule has 0 radical (unpaired) electrons. The summed E-state index contributed by atoms with van der Waals surface area (Å²) in [6.45, 7) is 20.8. The summed E-state index contributed by atoms with van der Waals surface area (Å²) in [5.41, 5.74) is 1.60. The number of carbonyl (C=O) groups excluding carboxylic acids is 1. The average molecular weight is 657 g/mol. The predicted octanol–water partition coefficient (Wildman–Crippen LogP) is 9.66. The molecule has 3 aliphatic carbocycles. The first kappa shape index (κ1) is 36.4. The van der Waals surface area contributed by atoms with E-state index in [0.717, 1.165) is 6.42 Å². The van der Waals surface area contributed by atoms with Crippen molar-refractivity contribution in [3.63, 3.8) is 0 Å². The van der Waals surface area contributed by atoms with Crippen LogP contribution in [0, 0.1) is 0 Å². The number of hydrogen-bond donors (Lipinski definition) is 0. The highest BCUT2D eigenvalue weighted by atomic mass is 28.5. The van der Waals surface area contributed by atoms with Crippen molar-refractivity contribution in [3.05, 3.63) is 12.7 Å². The van der Waals surface area contributed by atoms with E-state index in [9.17, 15) is 4.79 Å². The van der Waals surface area contributed by atoms with E-state index in [1.165, 1.54) is 102 Å². The minimum Gasteiger partial charge on any atom is -0.460 e. The first-order chi connectivity index (χ1) is 19.9. The quantitative estimate of drug-likeness (QED) is 0.0713. The zero-order valence-corrected chi connectivity index (χ0v) is 32.3. The van der Waals surface area contributed by atoms with E-state index in [2.05, 4.69) is 52.8 Å². The van der Waals surface area contributed by atoms with E-state index in [4.69, 9.17) is 21.8 Å². The van der Waals surface area contributed by atoms with Crippen molar-refractivity contribution in [3.8, 4) is 0 Å². The molecule has 1 unspecified atom stereocenters. The van der Waals surface area contributed by atoms with Gasteiger partial charge in [-0.2, -0.15) is 0 Å². The highest BCUT2D eigenvalue weighted by molar-refractivity contribution is 6.92. The van der Waals surface area contributed by atoms with Crippen molar-refractivity contribution in [1.29, 1.82) is 0 Å². The van der Waals surface area contributed by atoms with Crippen LogP contribution in [0.2, 0.25) is 55.9 Å². The van der Waals surface area contributed by atoms with Crippen molar-refractivity contribution in [1.82, 2.24) is 0 Å². The number of hydrogen-bond acceptors (Lipinski definition) is 6. The minimum absolute atomic E-state index is 0.197. The van der Waals surface area contributed by atoms with Gasteiger partial charge in [0.05, 0.1) is 6.61 Å². The molecule has 0 bridgehead atoms. The molecule has 10 heteroatoms. The zero-order chi connectivity index (χ0) is 30.9. The van der Waals surface area contributed by atoms with Crippen LogP contribution in [0.1, 0.15) is 110 Å². The largest absolute Gasteiger partial charge is 0.500 e. The minimum atomic E-state index is -3.37. The Morgan fingerprint density at radius 1 is 0.667 bits per heavy atom. The van der Waals surface area contributed by atoms with E-state index in [-0.39, 0.29) is 12.3 Å². The molecule has 0 amide bonds. The lowest BCUT2D eigenvalue weighted by Gasteiger charge is -2.52. The average Bonchev–Trinajstić information content (AvgIpc) is 2.97. The third-order valence-corrected chi connectivity index (χ3v) is 29.3. The third kappa shape index (κ3) is 10.2. The smallest absolute Gasteiger partial charge is 0.460 e. The van der Waals surface area contributed by atoms with Gasteiger partial charge in [-0.3, -0.25) is 0 Å². The molecule has 0 spiro atoms. The first-order valence-corrected chi connectivity index (χ1v) is 28.1. The van der Waals surface area contributed by atoms with Crippen LogP contribution in [-0.4, -0.2) is 58.7 Å². The predicted molar refractivity (Wildman–Crippen MR) is 183 cm³/mol. The Kier molecular flexibility index (Phi) is 14.3. The zero-order valence-electron chi connectivity index (χ0n) is 28.3. The number of ether oxygens (including phenoxy) is 2. The molecule has 244 valence electrons. The molecule has 0 aromatic rings. The topological polar surface area (TPSA) is 63.2 Å². The third-order valence-electron chi connectivity index (χ3n) is 10.6. The normalized spacial score (nSPS) is 21.7. The highest BCUT2D eigenvalue weighted by Crippen LogP contribution is 2.46. The lowest BCUT2D eigenvalue weighted by Crippen LogP contribution is -2.70. The second-order valence-corrected chi connectivity index (χ2v) is 31.2. The van der Waals surface area contributed by atoms with Crippen LogP contribution in [0.3, 0.4) is 0 Å². The Bertz CT molecular complexity index is 754. The van der Waals surface area contributed by atoms with Crippen molar-refractivity contribution in [2.45, 2.75) is 171 Å². The second kappa shape index (κ2) is 16.5. The lowest BCUT2D eigenvalue weighted by atomic mass is 10.0. The summed E-state index contributed by atoms with van der Waals surface area (Å²) < 4.78 is 35.2. The fourth-order valence-electron chi connectivity index (χ4n) is 7.86. The molecule has 6 nitrogen and oxygen atoms in total. The summed E-state index contributed by atoms with van der Waals surface area (Å²) in [6, 6.07) is 0. The molecule has 3 fully saturated rings. The maximum absolute atomic E-state index is 11.8. The monoisotopic (exact) mass is 656 g/mol. The van der Waals surface area contributed by atoms with Crippen molar-refractivity contribution in [2.75, 3.05) is 13.2 Å². The molecule has 0 aromatic carbocycles. The van der Waals surface area contributed by atoms with E-state index in [0.29, 0.717) is 23.2 Å². The summed E-state index contributed by atoms with van der Waals surface area (Å²) in [5.74, 6) is -0.415. The van der Waals surface area contributed by atoms with Gasteiger partial charge < -0.3 is 21.8 Å². The van der Waals surface area contributed by atoms with Crippen LogP contribution in [-0.2, 0) is 26.6 Å².